The van der Waals surface area contributed by atoms with Crippen molar-refractivity contribution in [1.82, 2.24) is 14.8 Å². The molecule has 2 amide bonds. The molecule has 6 heteroatoms. The standard InChI is InChI=1S/C19H24N4O2/c1-22-10-7-13-8-11-23(17(13)12-22)19(24)21-16-5-3-4-15-14(16)6-9-20-18(15)25-2/h3-6,9,13,17H,7-8,10-12H2,1-2H3,(H,21,24)/t13-,17-/m0/s1. The van der Waals surface area contributed by atoms with Crippen molar-refractivity contribution in [3.8, 4) is 5.88 Å². The second-order valence-corrected chi connectivity index (χ2v) is 7.01. The number of hydrogen-bond acceptors (Lipinski definition) is 4. The van der Waals surface area contributed by atoms with Gasteiger partial charge in [0.05, 0.1) is 12.8 Å². The largest absolute Gasteiger partial charge is 0.481 e. The van der Waals surface area contributed by atoms with Crippen molar-refractivity contribution in [1.29, 1.82) is 0 Å². The topological polar surface area (TPSA) is 57.7 Å². The Kier molecular flexibility index (Phi) is 4.21. The Balaban J connectivity index is 1.58. The molecule has 2 atom stereocenters. The van der Waals surface area contributed by atoms with Gasteiger partial charge < -0.3 is 19.9 Å². The first-order chi connectivity index (χ1) is 12.2. The molecule has 3 heterocycles. The Morgan fingerprint density at radius 3 is 2.92 bits per heavy atom. The summed E-state index contributed by atoms with van der Waals surface area (Å²) in [7, 11) is 3.74. The van der Waals surface area contributed by atoms with Crippen molar-refractivity contribution in [2.45, 2.75) is 18.9 Å². The van der Waals surface area contributed by atoms with Crippen molar-refractivity contribution < 1.29 is 9.53 Å². The van der Waals surface area contributed by atoms with Crippen LogP contribution in [0, 0.1) is 5.92 Å². The van der Waals surface area contributed by atoms with E-state index in [1.807, 2.05) is 29.2 Å². The molecule has 0 unspecified atom stereocenters. The fourth-order valence-electron chi connectivity index (χ4n) is 4.19. The van der Waals surface area contributed by atoms with Gasteiger partial charge in [-0.15, -0.1) is 0 Å². The lowest BCUT2D eigenvalue weighted by Gasteiger charge is -2.36. The summed E-state index contributed by atoms with van der Waals surface area (Å²) in [6, 6.07) is 8.03. The van der Waals surface area contributed by atoms with Crippen molar-refractivity contribution in [2.24, 2.45) is 5.92 Å². The van der Waals surface area contributed by atoms with Gasteiger partial charge >= 0.3 is 6.03 Å². The number of fused-ring (bicyclic) bond motifs is 2. The zero-order valence-electron chi connectivity index (χ0n) is 14.7. The Hall–Kier alpha value is -2.34. The number of rotatable bonds is 2. The number of hydrogen-bond donors (Lipinski definition) is 1. The Labute approximate surface area is 147 Å². The first-order valence-electron chi connectivity index (χ1n) is 8.85. The van der Waals surface area contributed by atoms with Gasteiger partial charge in [0, 0.05) is 36.1 Å². The first-order valence-corrected chi connectivity index (χ1v) is 8.85. The van der Waals surface area contributed by atoms with Crippen LogP contribution in [0.4, 0.5) is 10.5 Å². The minimum absolute atomic E-state index is 0.00826. The zero-order valence-corrected chi connectivity index (χ0v) is 14.7. The number of urea groups is 1. The molecule has 0 aliphatic carbocycles. The second-order valence-electron chi connectivity index (χ2n) is 7.01. The SMILES string of the molecule is COc1nccc2c(NC(=O)N3CC[C@@H]4CCN(C)C[C@@H]43)cccc12. The van der Waals surface area contributed by atoms with E-state index in [0.717, 1.165) is 42.5 Å². The summed E-state index contributed by atoms with van der Waals surface area (Å²) in [4.78, 5) is 21.5. The molecule has 1 N–H and O–H groups in total. The molecule has 0 radical (unpaired) electrons. The number of amides is 2. The molecule has 6 nitrogen and oxygen atoms in total. The number of ether oxygens (including phenoxy) is 1. The van der Waals surface area contributed by atoms with Crippen molar-refractivity contribution in [3.63, 3.8) is 0 Å². The van der Waals surface area contributed by atoms with Gasteiger partial charge in [-0.05, 0) is 50.6 Å². The molecule has 132 valence electrons. The number of carbonyl (C=O) groups is 1. The van der Waals surface area contributed by atoms with Crippen molar-refractivity contribution in [3.05, 3.63) is 30.5 Å². The number of aromatic nitrogens is 1. The van der Waals surface area contributed by atoms with Gasteiger partial charge in [-0.25, -0.2) is 9.78 Å². The third-order valence-corrected chi connectivity index (χ3v) is 5.53. The van der Waals surface area contributed by atoms with Crippen LogP contribution in [-0.2, 0) is 0 Å². The number of nitrogens with zero attached hydrogens (tertiary/aromatic N) is 3. The maximum Gasteiger partial charge on any atom is 0.322 e. The Morgan fingerprint density at radius 1 is 1.24 bits per heavy atom. The average molecular weight is 340 g/mol. The minimum atomic E-state index is -0.00826. The Bertz CT molecular complexity index is 794. The van der Waals surface area contributed by atoms with Crippen LogP contribution in [0.3, 0.4) is 0 Å². The van der Waals surface area contributed by atoms with Gasteiger partial charge in [0.15, 0.2) is 0 Å². The molecule has 1 aromatic heterocycles. The van der Waals surface area contributed by atoms with Crippen molar-refractivity contribution in [2.75, 3.05) is 39.1 Å². The van der Waals surface area contributed by atoms with Crippen LogP contribution in [0.25, 0.3) is 10.8 Å². The van der Waals surface area contributed by atoms with Crippen LogP contribution in [-0.4, -0.2) is 60.6 Å². The van der Waals surface area contributed by atoms with Crippen LogP contribution >= 0.6 is 0 Å². The number of carbonyl (C=O) groups excluding carboxylic acids is 1. The molecule has 2 aliphatic rings. The second kappa shape index (κ2) is 6.52. The third-order valence-electron chi connectivity index (χ3n) is 5.53. The number of likely N-dealkylation sites (tertiary alicyclic amines) is 2. The highest BCUT2D eigenvalue weighted by Crippen LogP contribution is 2.33. The summed E-state index contributed by atoms with van der Waals surface area (Å²) >= 11 is 0. The van der Waals surface area contributed by atoms with Gasteiger partial charge in [0.25, 0.3) is 0 Å². The van der Waals surface area contributed by atoms with Crippen LogP contribution in [0.15, 0.2) is 30.5 Å². The van der Waals surface area contributed by atoms with E-state index in [9.17, 15) is 4.79 Å². The summed E-state index contributed by atoms with van der Waals surface area (Å²) in [6.45, 7) is 2.93. The molecule has 4 rings (SSSR count). The highest BCUT2D eigenvalue weighted by molar-refractivity contribution is 6.03. The van der Waals surface area contributed by atoms with E-state index in [4.69, 9.17) is 4.74 Å². The number of anilines is 1. The predicted molar refractivity (Wildman–Crippen MR) is 98.0 cm³/mol. The fourth-order valence-corrected chi connectivity index (χ4v) is 4.19. The molecule has 0 bridgehead atoms. The smallest absolute Gasteiger partial charge is 0.322 e. The lowest BCUT2D eigenvalue weighted by atomic mass is 9.92. The molecule has 2 aliphatic heterocycles. The van der Waals surface area contributed by atoms with E-state index in [-0.39, 0.29) is 6.03 Å². The normalized spacial score (nSPS) is 23.5. The van der Waals surface area contributed by atoms with E-state index in [1.165, 1.54) is 6.42 Å². The van der Waals surface area contributed by atoms with E-state index < -0.39 is 0 Å². The zero-order chi connectivity index (χ0) is 17.4. The van der Waals surface area contributed by atoms with E-state index in [0.29, 0.717) is 17.8 Å². The van der Waals surface area contributed by atoms with Crippen molar-refractivity contribution >= 4 is 22.5 Å². The summed E-state index contributed by atoms with van der Waals surface area (Å²) < 4.78 is 5.33. The van der Waals surface area contributed by atoms with E-state index in [2.05, 4.69) is 22.2 Å². The molecule has 2 saturated heterocycles. The monoisotopic (exact) mass is 340 g/mol. The lowest BCUT2D eigenvalue weighted by molar-refractivity contribution is 0.137. The minimum Gasteiger partial charge on any atom is -0.481 e. The molecular formula is C19H24N4O2. The van der Waals surface area contributed by atoms with Gasteiger partial charge in [-0.1, -0.05) is 6.07 Å². The maximum absolute atomic E-state index is 12.9. The quantitative estimate of drug-likeness (QED) is 0.913. The third kappa shape index (κ3) is 2.91. The highest BCUT2D eigenvalue weighted by Gasteiger charge is 2.39. The summed E-state index contributed by atoms with van der Waals surface area (Å²) in [5, 5.41) is 4.96. The van der Waals surface area contributed by atoms with Crippen LogP contribution in [0.5, 0.6) is 5.88 Å². The number of likely N-dealkylation sites (N-methyl/N-ethyl adjacent to an activating group) is 1. The summed E-state index contributed by atoms with van der Waals surface area (Å²) in [6.07, 6.45) is 4.00. The summed E-state index contributed by atoms with van der Waals surface area (Å²) in [5.74, 6) is 1.21. The van der Waals surface area contributed by atoms with Gasteiger partial charge in [0.1, 0.15) is 0 Å². The molecule has 2 aromatic rings. The van der Waals surface area contributed by atoms with Gasteiger partial charge in [-0.2, -0.15) is 0 Å². The lowest BCUT2D eigenvalue weighted by Crippen LogP contribution is -2.49. The number of methoxy groups -OCH3 is 1. The summed E-state index contributed by atoms with van der Waals surface area (Å²) in [5.41, 5.74) is 0.802. The predicted octanol–water partition coefficient (Wildman–Crippen LogP) is 2.80. The highest BCUT2D eigenvalue weighted by atomic mass is 16.5. The van der Waals surface area contributed by atoms with Crippen LogP contribution < -0.4 is 10.1 Å². The Morgan fingerprint density at radius 2 is 2.08 bits per heavy atom. The number of pyridine rings is 1. The average Bonchev–Trinajstić information content (AvgIpc) is 3.04. The number of nitrogens with one attached hydrogen (secondary N) is 1. The van der Waals surface area contributed by atoms with Gasteiger partial charge in [-0.3, -0.25) is 0 Å². The first kappa shape index (κ1) is 16.1. The van der Waals surface area contributed by atoms with Crippen LogP contribution in [0.2, 0.25) is 0 Å². The molecule has 0 saturated carbocycles. The van der Waals surface area contributed by atoms with E-state index in [1.54, 1.807) is 13.3 Å². The maximum atomic E-state index is 12.9. The molecule has 2 fully saturated rings. The van der Waals surface area contributed by atoms with E-state index >= 15 is 0 Å². The van der Waals surface area contributed by atoms with Crippen LogP contribution in [0.1, 0.15) is 12.8 Å². The number of benzene rings is 1. The van der Waals surface area contributed by atoms with Gasteiger partial charge in [0.2, 0.25) is 5.88 Å². The number of piperidine rings is 1. The molecule has 25 heavy (non-hydrogen) atoms. The molecule has 0 spiro atoms. The molecule has 1 aromatic carbocycles. The molecular weight excluding hydrogens is 316 g/mol. The fraction of sp³-hybridized carbons (Fsp3) is 0.474.